The lowest BCUT2D eigenvalue weighted by molar-refractivity contribution is 0.0937. The topological polar surface area (TPSA) is 59.8 Å². The molecular formula is C20H21FN4OS. The molecule has 140 valence electrons. The van der Waals surface area contributed by atoms with Gasteiger partial charge in [-0.15, -0.1) is 10.2 Å². The quantitative estimate of drug-likeness (QED) is 0.647. The minimum Gasteiger partial charge on any atom is -0.342 e. The molecule has 0 fully saturated rings. The molecule has 0 radical (unpaired) electrons. The first-order valence-corrected chi connectivity index (χ1v) is 9.67. The maximum atomic E-state index is 13.5. The standard InChI is InChI=1S/C20H21FN4OS/c1-4-27-20-24-23-18(25(20)3)13(2)22-19(26)16-9-5-7-14(11-16)15-8-6-10-17(21)12-15/h5-13H,4H2,1-3H3,(H,22,26). The second kappa shape index (κ2) is 8.35. The number of carbonyl (C=O) groups excluding carboxylic acids is 1. The molecule has 0 saturated heterocycles. The molecule has 3 rings (SSSR count). The number of carbonyl (C=O) groups is 1. The Morgan fingerprint density at radius 1 is 1.19 bits per heavy atom. The fourth-order valence-corrected chi connectivity index (χ4v) is 3.45. The van der Waals surface area contributed by atoms with Crippen molar-refractivity contribution in [1.29, 1.82) is 0 Å². The van der Waals surface area contributed by atoms with Gasteiger partial charge in [0, 0.05) is 12.6 Å². The second-order valence-electron chi connectivity index (χ2n) is 6.12. The Morgan fingerprint density at radius 2 is 1.89 bits per heavy atom. The average molecular weight is 384 g/mol. The Bertz CT molecular complexity index is 957. The summed E-state index contributed by atoms with van der Waals surface area (Å²) in [5.41, 5.74) is 2.02. The van der Waals surface area contributed by atoms with Crippen LogP contribution in [0.1, 0.15) is 36.1 Å². The van der Waals surface area contributed by atoms with Crippen molar-refractivity contribution in [3.05, 3.63) is 65.7 Å². The largest absolute Gasteiger partial charge is 0.342 e. The molecule has 1 heterocycles. The lowest BCUT2D eigenvalue weighted by Gasteiger charge is -2.14. The SMILES string of the molecule is CCSc1nnc(C(C)NC(=O)c2cccc(-c3cccc(F)c3)c2)n1C. The molecule has 7 heteroatoms. The molecule has 0 saturated carbocycles. The molecular weight excluding hydrogens is 363 g/mol. The zero-order valence-corrected chi connectivity index (χ0v) is 16.3. The second-order valence-corrected chi connectivity index (χ2v) is 7.35. The first kappa shape index (κ1) is 19.1. The molecule has 1 atom stereocenters. The summed E-state index contributed by atoms with van der Waals surface area (Å²) >= 11 is 1.60. The summed E-state index contributed by atoms with van der Waals surface area (Å²) in [6.07, 6.45) is 0. The van der Waals surface area contributed by atoms with Gasteiger partial charge >= 0.3 is 0 Å². The van der Waals surface area contributed by atoms with E-state index in [9.17, 15) is 9.18 Å². The smallest absolute Gasteiger partial charge is 0.251 e. The molecule has 0 spiro atoms. The first-order valence-electron chi connectivity index (χ1n) is 8.68. The van der Waals surface area contributed by atoms with Gasteiger partial charge in [-0.3, -0.25) is 4.79 Å². The van der Waals surface area contributed by atoms with Gasteiger partial charge in [-0.05, 0) is 48.1 Å². The summed E-state index contributed by atoms with van der Waals surface area (Å²) in [6, 6.07) is 13.2. The van der Waals surface area contributed by atoms with E-state index >= 15 is 0 Å². The third kappa shape index (κ3) is 4.36. The highest BCUT2D eigenvalue weighted by Crippen LogP contribution is 2.22. The number of nitrogens with zero attached hydrogens (tertiary/aromatic N) is 3. The van der Waals surface area contributed by atoms with Crippen molar-refractivity contribution < 1.29 is 9.18 Å². The van der Waals surface area contributed by atoms with Gasteiger partial charge in [0.05, 0.1) is 6.04 Å². The Kier molecular flexibility index (Phi) is 5.91. The van der Waals surface area contributed by atoms with E-state index in [1.54, 1.807) is 36.0 Å². The van der Waals surface area contributed by atoms with E-state index in [4.69, 9.17) is 0 Å². The van der Waals surface area contributed by atoms with Gasteiger partial charge in [0.15, 0.2) is 11.0 Å². The Balaban J connectivity index is 1.77. The molecule has 0 aliphatic rings. The van der Waals surface area contributed by atoms with Crippen molar-refractivity contribution in [1.82, 2.24) is 20.1 Å². The minimum absolute atomic E-state index is 0.214. The number of hydrogen-bond donors (Lipinski definition) is 1. The number of amides is 1. The molecule has 1 N–H and O–H groups in total. The maximum Gasteiger partial charge on any atom is 0.251 e. The van der Waals surface area contributed by atoms with E-state index in [-0.39, 0.29) is 17.8 Å². The van der Waals surface area contributed by atoms with Crippen LogP contribution in [-0.4, -0.2) is 26.4 Å². The van der Waals surface area contributed by atoms with Gasteiger partial charge < -0.3 is 9.88 Å². The summed E-state index contributed by atoms with van der Waals surface area (Å²) in [6.45, 7) is 3.93. The highest BCUT2D eigenvalue weighted by atomic mass is 32.2. The molecule has 0 bridgehead atoms. The van der Waals surface area contributed by atoms with E-state index in [1.807, 2.05) is 30.7 Å². The predicted molar refractivity (Wildman–Crippen MR) is 105 cm³/mol. The van der Waals surface area contributed by atoms with E-state index in [2.05, 4.69) is 22.4 Å². The van der Waals surface area contributed by atoms with Crippen LogP contribution in [-0.2, 0) is 7.05 Å². The van der Waals surface area contributed by atoms with Crippen LogP contribution in [0.15, 0.2) is 53.7 Å². The van der Waals surface area contributed by atoms with Crippen molar-refractivity contribution in [2.75, 3.05) is 5.75 Å². The number of rotatable bonds is 6. The summed E-state index contributed by atoms with van der Waals surface area (Å²) in [5.74, 6) is 1.08. The number of nitrogens with one attached hydrogen (secondary N) is 1. The van der Waals surface area contributed by atoms with Crippen molar-refractivity contribution >= 4 is 17.7 Å². The normalized spacial score (nSPS) is 12.0. The fourth-order valence-electron chi connectivity index (χ4n) is 2.81. The maximum absolute atomic E-state index is 13.5. The highest BCUT2D eigenvalue weighted by Gasteiger charge is 2.18. The van der Waals surface area contributed by atoms with E-state index in [1.165, 1.54) is 12.1 Å². The Morgan fingerprint density at radius 3 is 2.59 bits per heavy atom. The van der Waals surface area contributed by atoms with Crippen LogP contribution in [0.25, 0.3) is 11.1 Å². The van der Waals surface area contributed by atoms with Crippen molar-refractivity contribution in [2.45, 2.75) is 25.0 Å². The van der Waals surface area contributed by atoms with E-state index in [0.717, 1.165) is 22.0 Å². The Labute approximate surface area is 162 Å². The zero-order valence-electron chi connectivity index (χ0n) is 15.4. The lowest BCUT2D eigenvalue weighted by atomic mass is 10.0. The van der Waals surface area contributed by atoms with Crippen molar-refractivity contribution in [3.8, 4) is 11.1 Å². The van der Waals surface area contributed by atoms with Gasteiger partial charge in [0.1, 0.15) is 5.82 Å². The van der Waals surface area contributed by atoms with Gasteiger partial charge in [-0.25, -0.2) is 4.39 Å². The van der Waals surface area contributed by atoms with Crippen molar-refractivity contribution in [2.24, 2.45) is 7.05 Å². The molecule has 3 aromatic rings. The third-order valence-corrected chi connectivity index (χ3v) is 5.06. The molecule has 1 unspecified atom stereocenters. The molecule has 2 aromatic carbocycles. The molecule has 5 nitrogen and oxygen atoms in total. The highest BCUT2D eigenvalue weighted by molar-refractivity contribution is 7.99. The van der Waals surface area contributed by atoms with Crippen molar-refractivity contribution in [3.63, 3.8) is 0 Å². The van der Waals surface area contributed by atoms with Gasteiger partial charge in [0.2, 0.25) is 0 Å². The first-order chi connectivity index (χ1) is 13.0. The summed E-state index contributed by atoms with van der Waals surface area (Å²) in [4.78, 5) is 12.7. The number of hydrogen-bond acceptors (Lipinski definition) is 4. The molecule has 1 aromatic heterocycles. The molecule has 27 heavy (non-hydrogen) atoms. The monoisotopic (exact) mass is 384 g/mol. The number of thioether (sulfide) groups is 1. The molecule has 0 aliphatic heterocycles. The van der Waals surface area contributed by atoms with Gasteiger partial charge in [0.25, 0.3) is 5.91 Å². The minimum atomic E-state index is -0.306. The van der Waals surface area contributed by atoms with Crippen LogP contribution >= 0.6 is 11.8 Å². The lowest BCUT2D eigenvalue weighted by Crippen LogP contribution is -2.28. The molecule has 1 amide bonds. The summed E-state index contributed by atoms with van der Waals surface area (Å²) < 4.78 is 15.4. The Hall–Kier alpha value is -2.67. The number of halogens is 1. The van der Waals surface area contributed by atoms with Gasteiger partial charge in [-0.1, -0.05) is 43.0 Å². The fraction of sp³-hybridized carbons (Fsp3) is 0.250. The zero-order chi connectivity index (χ0) is 19.4. The summed E-state index contributed by atoms with van der Waals surface area (Å²) in [5, 5.41) is 12.1. The van der Waals surface area contributed by atoms with Crippen LogP contribution in [0.2, 0.25) is 0 Å². The number of benzene rings is 2. The summed E-state index contributed by atoms with van der Waals surface area (Å²) in [7, 11) is 1.89. The third-order valence-electron chi connectivity index (χ3n) is 4.16. The predicted octanol–water partition coefficient (Wildman–Crippen LogP) is 4.22. The molecule has 0 aliphatic carbocycles. The van der Waals surface area contributed by atoms with Crippen LogP contribution in [0, 0.1) is 5.82 Å². The van der Waals surface area contributed by atoms with E-state index < -0.39 is 0 Å². The van der Waals surface area contributed by atoms with E-state index in [0.29, 0.717) is 11.4 Å². The average Bonchev–Trinajstić information content (AvgIpc) is 3.03. The number of aromatic nitrogens is 3. The van der Waals surface area contributed by atoms with Crippen LogP contribution < -0.4 is 5.32 Å². The van der Waals surface area contributed by atoms with Crippen LogP contribution in [0.3, 0.4) is 0 Å². The van der Waals surface area contributed by atoms with Crippen LogP contribution in [0.4, 0.5) is 4.39 Å². The van der Waals surface area contributed by atoms with Gasteiger partial charge in [-0.2, -0.15) is 0 Å². The van der Waals surface area contributed by atoms with Crippen LogP contribution in [0.5, 0.6) is 0 Å².